The van der Waals surface area contributed by atoms with Crippen molar-refractivity contribution in [1.29, 1.82) is 0 Å². The van der Waals surface area contributed by atoms with Crippen LogP contribution in [0, 0.1) is 13.8 Å². The highest BCUT2D eigenvalue weighted by molar-refractivity contribution is 7.60. The van der Waals surface area contributed by atoms with Crippen LogP contribution in [-0.2, 0) is 6.54 Å². The minimum Gasteiger partial charge on any atom is -0.366 e. The minimum atomic E-state index is -0.127. The number of para-hydroxylation sites is 1. The third-order valence-electron chi connectivity index (χ3n) is 7.40. The molecule has 2 aromatic carbocycles. The van der Waals surface area contributed by atoms with Crippen molar-refractivity contribution >= 4 is 13.6 Å². The summed E-state index contributed by atoms with van der Waals surface area (Å²) in [5, 5.41) is 8.15. The zero-order valence-electron chi connectivity index (χ0n) is 19.6. The van der Waals surface area contributed by atoms with Gasteiger partial charge in [-0.1, -0.05) is 95.0 Å². The van der Waals surface area contributed by atoms with Gasteiger partial charge >= 0.3 is 0 Å². The van der Waals surface area contributed by atoms with Gasteiger partial charge in [0.25, 0.3) is 0 Å². The van der Waals surface area contributed by atoms with E-state index in [0.29, 0.717) is 5.91 Å². The molecule has 1 unspecified atom stereocenters. The Morgan fingerprint density at radius 3 is 1.84 bits per heavy atom. The highest BCUT2D eigenvalue weighted by Gasteiger charge is 2.36. The summed E-state index contributed by atoms with van der Waals surface area (Å²) < 4.78 is 0. The highest BCUT2D eigenvalue weighted by atomic mass is 31.1. The van der Waals surface area contributed by atoms with Crippen LogP contribution in [0.1, 0.15) is 80.9 Å². The molecule has 2 aromatic rings. The number of aryl methyl sites for hydroxylation is 2. The summed E-state index contributed by atoms with van der Waals surface area (Å²) in [5.74, 6) is 0.390. The van der Waals surface area contributed by atoms with E-state index < -0.39 is 0 Å². The maximum atomic E-state index is 4.10. The minimum absolute atomic E-state index is 0.127. The summed E-state index contributed by atoms with van der Waals surface area (Å²) in [5.41, 5.74) is 7.31. The third kappa shape index (κ3) is 6.11. The van der Waals surface area contributed by atoms with Gasteiger partial charge < -0.3 is 5.32 Å². The molecule has 2 saturated carbocycles. The van der Waals surface area contributed by atoms with Crippen LogP contribution in [0.25, 0.3) is 0 Å². The van der Waals surface area contributed by atoms with Crippen molar-refractivity contribution in [3.05, 3.63) is 65.2 Å². The van der Waals surface area contributed by atoms with E-state index in [1.54, 1.807) is 0 Å². The third-order valence-corrected chi connectivity index (χ3v) is 11.0. The standard InChI is InChI=1S/C28H41N2P/c1-22-13-12-14-23(2)27(22)30-28(29-21-24-15-6-3-7-16-24)31(25-17-8-4-9-18-25)26-19-10-5-11-20-26/h3,6-7,12-16,25-26,28-30H,4-5,8-11,17-21H2,1-2H3. The molecule has 0 saturated heterocycles. The molecule has 1 atom stereocenters. The summed E-state index contributed by atoms with van der Waals surface area (Å²) in [6.07, 6.45) is 14.4. The van der Waals surface area contributed by atoms with Crippen molar-refractivity contribution in [2.24, 2.45) is 0 Å². The smallest absolute Gasteiger partial charge is 0.0973 e. The average molecular weight is 437 g/mol. The Kier molecular flexibility index (Phi) is 8.45. The number of hydrogen-bond donors (Lipinski definition) is 2. The number of benzene rings is 2. The van der Waals surface area contributed by atoms with Crippen LogP contribution in [0.15, 0.2) is 48.5 Å². The molecule has 2 aliphatic carbocycles. The van der Waals surface area contributed by atoms with E-state index >= 15 is 0 Å². The van der Waals surface area contributed by atoms with Crippen LogP contribution in [0.4, 0.5) is 5.69 Å². The van der Waals surface area contributed by atoms with Crippen LogP contribution in [-0.4, -0.2) is 17.2 Å². The van der Waals surface area contributed by atoms with Gasteiger partial charge in [0.2, 0.25) is 0 Å². The van der Waals surface area contributed by atoms with Crippen molar-refractivity contribution in [3.8, 4) is 0 Å². The fourth-order valence-electron chi connectivity index (χ4n) is 5.70. The molecule has 2 N–H and O–H groups in total. The first-order valence-corrected chi connectivity index (χ1v) is 14.1. The van der Waals surface area contributed by atoms with Crippen molar-refractivity contribution < 1.29 is 0 Å². The predicted octanol–water partition coefficient (Wildman–Crippen LogP) is 7.94. The topological polar surface area (TPSA) is 24.1 Å². The second-order valence-electron chi connectivity index (χ2n) is 9.71. The molecule has 0 aromatic heterocycles. The molecule has 2 nitrogen and oxygen atoms in total. The fraction of sp³-hybridized carbons (Fsp3) is 0.571. The summed E-state index contributed by atoms with van der Waals surface area (Å²) in [7, 11) is -0.127. The van der Waals surface area contributed by atoms with Gasteiger partial charge in [-0.15, -0.1) is 0 Å². The summed E-state index contributed by atoms with van der Waals surface area (Å²) >= 11 is 0. The van der Waals surface area contributed by atoms with Gasteiger partial charge in [-0.05, 0) is 67.5 Å². The molecule has 3 heteroatoms. The number of rotatable bonds is 8. The van der Waals surface area contributed by atoms with E-state index in [0.717, 1.165) is 17.9 Å². The molecule has 0 bridgehead atoms. The van der Waals surface area contributed by atoms with E-state index in [1.165, 1.54) is 86.6 Å². The molecular weight excluding hydrogens is 395 g/mol. The van der Waals surface area contributed by atoms with Crippen LogP contribution < -0.4 is 10.6 Å². The predicted molar refractivity (Wildman–Crippen MR) is 137 cm³/mol. The maximum Gasteiger partial charge on any atom is 0.0973 e. The molecule has 0 heterocycles. The van der Waals surface area contributed by atoms with Crippen LogP contribution >= 0.6 is 7.92 Å². The average Bonchev–Trinajstić information content (AvgIpc) is 2.82. The van der Waals surface area contributed by atoms with Gasteiger partial charge in [-0.2, -0.15) is 0 Å². The molecule has 0 aliphatic heterocycles. The van der Waals surface area contributed by atoms with Gasteiger partial charge in [0.05, 0.1) is 5.91 Å². The Bertz CT molecular complexity index is 756. The van der Waals surface area contributed by atoms with E-state index in [-0.39, 0.29) is 7.92 Å². The second-order valence-corrected chi connectivity index (χ2v) is 12.6. The first kappa shape index (κ1) is 22.8. The Balaban J connectivity index is 1.62. The van der Waals surface area contributed by atoms with Gasteiger partial charge in [-0.25, -0.2) is 0 Å². The molecule has 31 heavy (non-hydrogen) atoms. The number of hydrogen-bond acceptors (Lipinski definition) is 2. The van der Waals surface area contributed by atoms with E-state index in [9.17, 15) is 0 Å². The SMILES string of the molecule is Cc1cccc(C)c1NC(NCc1ccccc1)P(C1CCCCC1)C1CCCCC1. The zero-order valence-corrected chi connectivity index (χ0v) is 20.5. The molecule has 0 radical (unpaired) electrons. The first-order chi connectivity index (χ1) is 15.2. The zero-order chi connectivity index (χ0) is 21.5. The van der Waals surface area contributed by atoms with E-state index in [4.69, 9.17) is 0 Å². The summed E-state index contributed by atoms with van der Waals surface area (Å²) in [6, 6.07) is 17.7. The van der Waals surface area contributed by atoms with Crippen molar-refractivity contribution in [2.75, 3.05) is 5.32 Å². The summed E-state index contributed by atoms with van der Waals surface area (Å²) in [4.78, 5) is 0. The highest BCUT2D eigenvalue weighted by Crippen LogP contribution is 2.58. The Morgan fingerprint density at radius 1 is 0.742 bits per heavy atom. The van der Waals surface area contributed by atoms with Gasteiger partial charge in [0.15, 0.2) is 0 Å². The largest absolute Gasteiger partial charge is 0.366 e. The quantitative estimate of drug-likeness (QED) is 0.324. The van der Waals surface area contributed by atoms with Crippen molar-refractivity contribution in [3.63, 3.8) is 0 Å². The lowest BCUT2D eigenvalue weighted by Crippen LogP contribution is -2.40. The molecule has 2 fully saturated rings. The van der Waals surface area contributed by atoms with Crippen molar-refractivity contribution in [1.82, 2.24) is 5.32 Å². The molecule has 0 amide bonds. The Hall–Kier alpha value is -1.37. The fourth-order valence-corrected chi connectivity index (χ4v) is 9.64. The van der Waals surface area contributed by atoms with E-state index in [1.807, 2.05) is 0 Å². The van der Waals surface area contributed by atoms with Crippen LogP contribution in [0.3, 0.4) is 0 Å². The van der Waals surface area contributed by atoms with Crippen molar-refractivity contribution in [2.45, 2.75) is 102 Å². The molecule has 2 aliphatic rings. The maximum absolute atomic E-state index is 4.10. The number of nitrogens with one attached hydrogen (secondary N) is 2. The first-order valence-electron chi connectivity index (χ1n) is 12.6. The molecular formula is C28H41N2P. The van der Waals surface area contributed by atoms with Gasteiger partial charge in [-0.3, -0.25) is 5.32 Å². The monoisotopic (exact) mass is 436 g/mol. The lowest BCUT2D eigenvalue weighted by molar-refractivity contribution is 0.477. The Morgan fingerprint density at radius 2 is 1.29 bits per heavy atom. The molecule has 168 valence electrons. The van der Waals surface area contributed by atoms with E-state index in [2.05, 4.69) is 73.0 Å². The summed E-state index contributed by atoms with van der Waals surface area (Å²) in [6.45, 7) is 5.46. The van der Waals surface area contributed by atoms with Crippen LogP contribution in [0.2, 0.25) is 0 Å². The van der Waals surface area contributed by atoms with Gasteiger partial charge in [0.1, 0.15) is 0 Å². The van der Waals surface area contributed by atoms with Crippen LogP contribution in [0.5, 0.6) is 0 Å². The molecule has 0 spiro atoms. The normalized spacial score (nSPS) is 19.5. The lowest BCUT2D eigenvalue weighted by atomic mass is 9.99. The second kappa shape index (κ2) is 11.5. The molecule has 4 rings (SSSR count). The lowest BCUT2D eigenvalue weighted by Gasteiger charge is -2.44. The Labute approximate surface area is 191 Å². The van der Waals surface area contributed by atoms with Gasteiger partial charge in [0, 0.05) is 12.2 Å². The number of anilines is 1.